The van der Waals surface area contributed by atoms with E-state index in [1.165, 1.54) is 0 Å². The van der Waals surface area contributed by atoms with E-state index in [4.69, 9.17) is 27.9 Å². The molecule has 0 radical (unpaired) electrons. The number of unbranched alkanes of at least 4 members (excludes halogenated alkanes) is 1. The summed E-state index contributed by atoms with van der Waals surface area (Å²) < 4.78 is 5.76. The van der Waals surface area contributed by atoms with Crippen molar-refractivity contribution in [1.29, 1.82) is 0 Å². The van der Waals surface area contributed by atoms with Crippen LogP contribution in [0.3, 0.4) is 0 Å². The number of ether oxygens (including phenoxy) is 1. The molecule has 8 heteroatoms. The first kappa shape index (κ1) is 21.7. The normalized spacial score (nSPS) is 14.7. The lowest BCUT2D eigenvalue weighted by atomic mass is 10.2. The molecule has 2 aromatic rings. The number of carbonyl (C=O) groups is 1. The number of nitrogens with zero attached hydrogens (tertiary/aromatic N) is 3. The molecule has 29 heavy (non-hydrogen) atoms. The molecule has 1 saturated heterocycles. The predicted octanol–water partition coefficient (Wildman–Crippen LogP) is 3.73. The zero-order valence-corrected chi connectivity index (χ0v) is 18.0. The first-order valence-corrected chi connectivity index (χ1v) is 10.6. The number of aromatic nitrogens is 1. The Labute approximate surface area is 181 Å². The third-order valence-corrected chi connectivity index (χ3v) is 5.78. The van der Waals surface area contributed by atoms with Gasteiger partial charge in [0.25, 0.3) is 5.91 Å². The van der Waals surface area contributed by atoms with E-state index in [0.29, 0.717) is 28.1 Å². The first-order chi connectivity index (χ1) is 14.1. The second kappa shape index (κ2) is 10.7. The van der Waals surface area contributed by atoms with Gasteiger partial charge >= 0.3 is 0 Å². The number of hydrogen-bond acceptors (Lipinski definition) is 5. The first-order valence-electron chi connectivity index (χ1n) is 9.80. The Morgan fingerprint density at radius 1 is 1.17 bits per heavy atom. The van der Waals surface area contributed by atoms with E-state index in [1.54, 1.807) is 25.4 Å². The van der Waals surface area contributed by atoms with Crippen LogP contribution in [0.2, 0.25) is 10.0 Å². The van der Waals surface area contributed by atoms with Crippen LogP contribution in [-0.2, 0) is 0 Å². The van der Waals surface area contributed by atoms with Gasteiger partial charge in [0, 0.05) is 45.5 Å². The van der Waals surface area contributed by atoms with Crippen molar-refractivity contribution in [3.8, 4) is 5.75 Å². The van der Waals surface area contributed by atoms with Gasteiger partial charge in [-0.3, -0.25) is 14.7 Å². The van der Waals surface area contributed by atoms with E-state index in [-0.39, 0.29) is 5.91 Å². The molecule has 1 aromatic carbocycles. The molecule has 6 nitrogen and oxygen atoms in total. The van der Waals surface area contributed by atoms with E-state index in [1.807, 2.05) is 18.2 Å². The summed E-state index contributed by atoms with van der Waals surface area (Å²) in [5.74, 6) is 0.458. The second-order valence-electron chi connectivity index (χ2n) is 6.91. The van der Waals surface area contributed by atoms with Crippen LogP contribution in [0.5, 0.6) is 5.75 Å². The van der Waals surface area contributed by atoms with Crippen LogP contribution in [-0.4, -0.2) is 62.2 Å². The molecule has 0 saturated carbocycles. The van der Waals surface area contributed by atoms with E-state index < -0.39 is 0 Å². The number of piperazine rings is 1. The number of amides is 1. The lowest BCUT2D eigenvalue weighted by molar-refractivity contribution is 0.0957. The summed E-state index contributed by atoms with van der Waals surface area (Å²) in [6, 6.07) is 9.22. The van der Waals surface area contributed by atoms with Crippen molar-refractivity contribution in [3.05, 3.63) is 52.3 Å². The van der Waals surface area contributed by atoms with Crippen LogP contribution < -0.4 is 15.0 Å². The van der Waals surface area contributed by atoms with Crippen molar-refractivity contribution < 1.29 is 9.53 Å². The van der Waals surface area contributed by atoms with Crippen molar-refractivity contribution in [2.75, 3.05) is 51.3 Å². The van der Waals surface area contributed by atoms with Crippen molar-refractivity contribution >= 4 is 34.8 Å². The van der Waals surface area contributed by atoms with E-state index in [9.17, 15) is 4.79 Å². The minimum atomic E-state index is -0.214. The number of pyridine rings is 1. The lowest BCUT2D eigenvalue weighted by Gasteiger charge is -2.36. The number of carbonyl (C=O) groups excluding carboxylic acids is 1. The number of hydrogen-bond donors (Lipinski definition) is 1. The van der Waals surface area contributed by atoms with Crippen molar-refractivity contribution in [2.45, 2.75) is 12.8 Å². The molecule has 0 aliphatic carbocycles. The molecule has 1 N–H and O–H groups in total. The number of anilines is 1. The fraction of sp³-hybridized carbons (Fsp3) is 0.429. The molecule has 0 atom stereocenters. The average molecular weight is 437 g/mol. The molecule has 2 heterocycles. The van der Waals surface area contributed by atoms with Gasteiger partial charge in [-0.2, -0.15) is 0 Å². The molecule has 0 spiro atoms. The predicted molar refractivity (Wildman–Crippen MR) is 117 cm³/mol. The van der Waals surface area contributed by atoms with Crippen LogP contribution in [0.25, 0.3) is 0 Å². The molecule has 1 fully saturated rings. The van der Waals surface area contributed by atoms with Gasteiger partial charge in [-0.25, -0.2) is 0 Å². The highest BCUT2D eigenvalue weighted by Gasteiger charge is 2.19. The maximum Gasteiger partial charge on any atom is 0.269 e. The molecule has 0 bridgehead atoms. The number of nitrogens with one attached hydrogen (secondary N) is 1. The standard InChI is InChI=1S/C21H26Cl2N4O2/c1-24-21(28)18-15-16(7-8-25-18)29-14-3-2-9-26-10-12-27(13-11-26)19-6-4-5-17(22)20(19)23/h4-8,15H,2-3,9-14H2,1H3,(H,24,28). The minimum Gasteiger partial charge on any atom is -0.493 e. The van der Waals surface area contributed by atoms with Gasteiger partial charge in [0.1, 0.15) is 11.4 Å². The van der Waals surface area contributed by atoms with Crippen molar-refractivity contribution in [1.82, 2.24) is 15.2 Å². The summed E-state index contributed by atoms with van der Waals surface area (Å²) in [7, 11) is 1.58. The van der Waals surface area contributed by atoms with Gasteiger partial charge in [-0.05, 0) is 37.6 Å². The highest BCUT2D eigenvalue weighted by Crippen LogP contribution is 2.32. The SMILES string of the molecule is CNC(=O)c1cc(OCCCCN2CCN(c3cccc(Cl)c3Cl)CC2)ccn1. The fourth-order valence-corrected chi connectivity index (χ4v) is 3.74. The Hall–Kier alpha value is -2.02. The summed E-state index contributed by atoms with van der Waals surface area (Å²) in [5, 5.41) is 3.80. The molecule has 1 aliphatic heterocycles. The summed E-state index contributed by atoms with van der Waals surface area (Å²) in [6.07, 6.45) is 3.61. The molecule has 3 rings (SSSR count). The van der Waals surface area contributed by atoms with Crippen LogP contribution in [0.4, 0.5) is 5.69 Å². The largest absolute Gasteiger partial charge is 0.493 e. The molecule has 1 amide bonds. The molecular formula is C21H26Cl2N4O2. The maximum atomic E-state index is 11.6. The number of halogens is 2. The monoisotopic (exact) mass is 436 g/mol. The highest BCUT2D eigenvalue weighted by molar-refractivity contribution is 6.43. The zero-order valence-electron chi connectivity index (χ0n) is 16.5. The second-order valence-corrected chi connectivity index (χ2v) is 7.70. The molecular weight excluding hydrogens is 411 g/mol. The molecule has 1 aliphatic rings. The summed E-state index contributed by atoms with van der Waals surface area (Å²) in [5.41, 5.74) is 1.38. The Morgan fingerprint density at radius 2 is 1.97 bits per heavy atom. The summed E-state index contributed by atoms with van der Waals surface area (Å²) in [6.45, 7) is 5.55. The summed E-state index contributed by atoms with van der Waals surface area (Å²) >= 11 is 12.5. The molecule has 1 aromatic heterocycles. The topological polar surface area (TPSA) is 57.7 Å². The van der Waals surface area contributed by atoms with Gasteiger partial charge in [0.2, 0.25) is 0 Å². The number of benzene rings is 1. The minimum absolute atomic E-state index is 0.214. The van der Waals surface area contributed by atoms with Crippen LogP contribution in [0, 0.1) is 0 Å². The van der Waals surface area contributed by atoms with Crippen LogP contribution in [0.1, 0.15) is 23.3 Å². The van der Waals surface area contributed by atoms with E-state index in [2.05, 4.69) is 20.1 Å². The average Bonchev–Trinajstić information content (AvgIpc) is 2.75. The number of rotatable bonds is 8. The van der Waals surface area contributed by atoms with E-state index >= 15 is 0 Å². The Bertz CT molecular complexity index is 826. The fourth-order valence-electron chi connectivity index (χ4n) is 3.33. The van der Waals surface area contributed by atoms with Gasteiger partial charge in [0.15, 0.2) is 0 Å². The van der Waals surface area contributed by atoms with Gasteiger partial charge < -0.3 is 15.0 Å². The summed E-state index contributed by atoms with van der Waals surface area (Å²) in [4.78, 5) is 20.4. The molecule has 0 unspecified atom stereocenters. The van der Waals surface area contributed by atoms with E-state index in [0.717, 1.165) is 51.3 Å². The van der Waals surface area contributed by atoms with Gasteiger partial charge in [-0.15, -0.1) is 0 Å². The van der Waals surface area contributed by atoms with Crippen LogP contribution in [0.15, 0.2) is 36.5 Å². The lowest BCUT2D eigenvalue weighted by Crippen LogP contribution is -2.46. The Balaban J connectivity index is 1.35. The van der Waals surface area contributed by atoms with Crippen molar-refractivity contribution in [2.24, 2.45) is 0 Å². The third-order valence-electron chi connectivity index (χ3n) is 4.97. The Morgan fingerprint density at radius 3 is 2.72 bits per heavy atom. The highest BCUT2D eigenvalue weighted by atomic mass is 35.5. The third kappa shape index (κ3) is 5.98. The van der Waals surface area contributed by atoms with Crippen molar-refractivity contribution in [3.63, 3.8) is 0 Å². The quantitative estimate of drug-likeness (QED) is 0.638. The smallest absolute Gasteiger partial charge is 0.269 e. The molecule has 156 valence electrons. The maximum absolute atomic E-state index is 11.6. The van der Waals surface area contributed by atoms with Gasteiger partial charge in [-0.1, -0.05) is 29.3 Å². The van der Waals surface area contributed by atoms with Gasteiger partial charge in [0.05, 0.1) is 22.3 Å². The van der Waals surface area contributed by atoms with Crippen LogP contribution >= 0.6 is 23.2 Å². The Kier molecular flexibility index (Phi) is 7.98. The zero-order chi connectivity index (χ0) is 20.6.